The number of hydroxylamine groups is 1. The molecule has 0 spiro atoms. The predicted octanol–water partition coefficient (Wildman–Crippen LogP) is 0.428. The van der Waals surface area contributed by atoms with Crippen LogP contribution in [0.15, 0.2) is 22.3 Å². The molecule has 1 aliphatic carbocycles. The van der Waals surface area contributed by atoms with E-state index >= 15 is 0 Å². The molecule has 7 nitrogen and oxygen atoms in total. The number of carbonyl (C=O) groups excluding carboxylic acids is 3. The normalized spacial score (nSPS) is 20.5. The summed E-state index contributed by atoms with van der Waals surface area (Å²) in [6.45, 7) is 0.976. The molecule has 1 N–H and O–H groups in total. The summed E-state index contributed by atoms with van der Waals surface area (Å²) >= 11 is 1.33. The van der Waals surface area contributed by atoms with Crippen molar-refractivity contribution in [1.82, 2.24) is 10.4 Å². The Labute approximate surface area is 139 Å². The molecule has 0 aromatic carbocycles. The Morgan fingerprint density at radius 2 is 2.13 bits per heavy atom. The van der Waals surface area contributed by atoms with Crippen LogP contribution in [0.5, 0.6) is 0 Å². The molecule has 0 saturated heterocycles. The molecule has 1 atom stereocenters. The second kappa shape index (κ2) is 7.76. The summed E-state index contributed by atoms with van der Waals surface area (Å²) < 4.78 is 4.63. The number of esters is 1. The van der Waals surface area contributed by atoms with Gasteiger partial charge in [0, 0.05) is 6.08 Å². The van der Waals surface area contributed by atoms with E-state index in [1.165, 1.54) is 24.9 Å². The first-order chi connectivity index (χ1) is 11.0. The molecular formula is C15H20N2O5S. The van der Waals surface area contributed by atoms with Crippen LogP contribution < -0.4 is 5.48 Å². The van der Waals surface area contributed by atoms with Crippen LogP contribution in [0, 0.1) is 0 Å². The maximum atomic E-state index is 12.5. The minimum Gasteiger partial charge on any atom is -0.467 e. The van der Waals surface area contributed by atoms with Crippen LogP contribution in [0.2, 0.25) is 0 Å². The Bertz CT molecular complexity index is 582. The van der Waals surface area contributed by atoms with Gasteiger partial charge in [0.1, 0.15) is 0 Å². The van der Waals surface area contributed by atoms with E-state index in [4.69, 9.17) is 4.84 Å². The number of hydrogen-bond acceptors (Lipinski definition) is 8. The molecule has 0 saturated carbocycles. The minimum absolute atomic E-state index is 0.0418. The van der Waals surface area contributed by atoms with Crippen molar-refractivity contribution >= 4 is 29.3 Å². The minimum atomic E-state index is -1.05. The lowest BCUT2D eigenvalue weighted by Gasteiger charge is -2.14. The smallest absolute Gasteiger partial charge is 0.331 e. The molecule has 1 heterocycles. The molecule has 0 aromatic rings. The van der Waals surface area contributed by atoms with Gasteiger partial charge in [-0.2, -0.15) is 0 Å². The molecule has 1 unspecified atom stereocenters. The van der Waals surface area contributed by atoms with Gasteiger partial charge in [-0.15, -0.1) is 17.2 Å². The summed E-state index contributed by atoms with van der Waals surface area (Å²) in [4.78, 5) is 43.7. The Hall–Kier alpha value is -1.64. The van der Waals surface area contributed by atoms with Crippen LogP contribution in [0.3, 0.4) is 0 Å². The Morgan fingerprint density at radius 3 is 2.78 bits per heavy atom. The summed E-state index contributed by atoms with van der Waals surface area (Å²) in [5.41, 5.74) is 2.42. The Morgan fingerprint density at radius 1 is 1.39 bits per heavy atom. The maximum absolute atomic E-state index is 12.5. The number of allylic oxidation sites excluding steroid dienone is 2. The van der Waals surface area contributed by atoms with Gasteiger partial charge in [0.05, 0.1) is 17.6 Å². The van der Waals surface area contributed by atoms with E-state index in [9.17, 15) is 14.4 Å². The van der Waals surface area contributed by atoms with Gasteiger partial charge in [0.25, 0.3) is 0 Å². The van der Waals surface area contributed by atoms with E-state index in [1.807, 2.05) is 14.1 Å². The number of Topliss-reactive ketones (excluding diaryl/α,β-unsaturated/α-hetero) is 1. The molecule has 8 heteroatoms. The van der Waals surface area contributed by atoms with Crippen molar-refractivity contribution in [1.29, 1.82) is 0 Å². The lowest BCUT2D eigenvalue weighted by Crippen LogP contribution is -2.36. The third kappa shape index (κ3) is 4.01. The summed E-state index contributed by atoms with van der Waals surface area (Å²) in [5.74, 6) is -0.791. The second-order valence-corrected chi connectivity index (χ2v) is 6.62. The number of carbonyl (C=O) groups is 3. The number of unbranched alkanes of at least 4 members (excludes halogenated alkanes) is 1. The fraction of sp³-hybridized carbons (Fsp3) is 0.533. The molecule has 0 aromatic heterocycles. The van der Waals surface area contributed by atoms with Crippen molar-refractivity contribution in [2.75, 3.05) is 33.5 Å². The number of thioether (sulfide) groups is 1. The third-order valence-corrected chi connectivity index (χ3v) is 4.57. The summed E-state index contributed by atoms with van der Waals surface area (Å²) in [7, 11) is 5.23. The van der Waals surface area contributed by atoms with E-state index < -0.39 is 17.8 Å². The topological polar surface area (TPSA) is 84.9 Å². The van der Waals surface area contributed by atoms with Gasteiger partial charge in [0.15, 0.2) is 6.04 Å². The molecule has 2 aliphatic rings. The first kappa shape index (κ1) is 17.7. The highest BCUT2D eigenvalue weighted by Crippen LogP contribution is 2.32. The highest BCUT2D eigenvalue weighted by atomic mass is 32.2. The van der Waals surface area contributed by atoms with Crippen LogP contribution in [-0.2, 0) is 24.0 Å². The van der Waals surface area contributed by atoms with Crippen molar-refractivity contribution < 1.29 is 24.0 Å². The standard InChI is InChI=1S/C15H20N2O5S/c1-17(2)6-4-5-7-23-10-8-9(18)14-11(13(10)19)12(16-22-14)15(20)21-3/h8,12,16H,4-7H2,1-3H3. The van der Waals surface area contributed by atoms with Crippen LogP contribution in [0.4, 0.5) is 0 Å². The zero-order valence-electron chi connectivity index (χ0n) is 13.4. The van der Waals surface area contributed by atoms with Crippen LogP contribution in [0.1, 0.15) is 12.8 Å². The lowest BCUT2D eigenvalue weighted by molar-refractivity contribution is -0.144. The fourth-order valence-corrected chi connectivity index (χ4v) is 3.27. The number of methoxy groups -OCH3 is 1. The van der Waals surface area contributed by atoms with Gasteiger partial charge in [0.2, 0.25) is 17.3 Å². The second-order valence-electron chi connectivity index (χ2n) is 5.48. The number of nitrogens with zero attached hydrogens (tertiary/aromatic N) is 1. The van der Waals surface area contributed by atoms with Gasteiger partial charge in [-0.05, 0) is 39.2 Å². The van der Waals surface area contributed by atoms with E-state index in [0.717, 1.165) is 25.1 Å². The van der Waals surface area contributed by atoms with Crippen molar-refractivity contribution in [3.63, 3.8) is 0 Å². The largest absolute Gasteiger partial charge is 0.467 e. The van der Waals surface area contributed by atoms with Gasteiger partial charge in [-0.3, -0.25) is 9.59 Å². The van der Waals surface area contributed by atoms with Crippen molar-refractivity contribution in [2.45, 2.75) is 18.9 Å². The van der Waals surface area contributed by atoms with Gasteiger partial charge in [-0.1, -0.05) is 0 Å². The first-order valence-electron chi connectivity index (χ1n) is 7.28. The molecule has 0 bridgehead atoms. The van der Waals surface area contributed by atoms with E-state index in [2.05, 4.69) is 15.1 Å². The zero-order valence-corrected chi connectivity index (χ0v) is 14.2. The highest BCUT2D eigenvalue weighted by Gasteiger charge is 2.43. The van der Waals surface area contributed by atoms with E-state index in [1.54, 1.807) is 0 Å². The Kier molecular flexibility index (Phi) is 5.97. The Balaban J connectivity index is 1.99. The zero-order chi connectivity index (χ0) is 17.0. The number of hydrogen-bond donors (Lipinski definition) is 1. The van der Waals surface area contributed by atoms with Gasteiger partial charge < -0.3 is 14.5 Å². The molecule has 2 rings (SSSR count). The molecule has 126 valence electrons. The van der Waals surface area contributed by atoms with Crippen LogP contribution >= 0.6 is 11.8 Å². The monoisotopic (exact) mass is 340 g/mol. The fourth-order valence-electron chi connectivity index (χ4n) is 2.27. The molecule has 0 radical (unpaired) electrons. The predicted molar refractivity (Wildman–Crippen MR) is 85.4 cm³/mol. The quantitative estimate of drug-likeness (QED) is 0.406. The molecule has 1 aliphatic heterocycles. The molecule has 0 fully saturated rings. The first-order valence-corrected chi connectivity index (χ1v) is 8.27. The SMILES string of the molecule is COC(=O)C1NOC2=C1C(=O)C(SCCCCN(C)C)=CC2=O. The average Bonchev–Trinajstić information content (AvgIpc) is 2.96. The average molecular weight is 340 g/mol. The van der Waals surface area contributed by atoms with Crippen molar-refractivity contribution in [2.24, 2.45) is 0 Å². The van der Waals surface area contributed by atoms with E-state index in [0.29, 0.717) is 4.91 Å². The number of ether oxygens (including phenoxy) is 1. The van der Waals surface area contributed by atoms with Gasteiger partial charge in [-0.25, -0.2) is 4.79 Å². The summed E-state index contributed by atoms with van der Waals surface area (Å²) in [6.07, 6.45) is 3.22. The summed E-state index contributed by atoms with van der Waals surface area (Å²) in [6, 6.07) is -1.05. The highest BCUT2D eigenvalue weighted by molar-refractivity contribution is 8.04. The van der Waals surface area contributed by atoms with Crippen LogP contribution in [0.25, 0.3) is 0 Å². The van der Waals surface area contributed by atoms with Crippen molar-refractivity contribution in [3.8, 4) is 0 Å². The number of nitrogens with one attached hydrogen (secondary N) is 1. The third-order valence-electron chi connectivity index (χ3n) is 3.46. The molecule has 0 amide bonds. The number of rotatable bonds is 7. The number of ketones is 2. The maximum Gasteiger partial charge on any atom is 0.331 e. The lowest BCUT2D eigenvalue weighted by atomic mass is 9.96. The van der Waals surface area contributed by atoms with Crippen LogP contribution in [-0.4, -0.2) is 62.0 Å². The van der Waals surface area contributed by atoms with Gasteiger partial charge >= 0.3 is 5.97 Å². The summed E-state index contributed by atoms with van der Waals surface area (Å²) in [5, 5.41) is 0. The molecule has 23 heavy (non-hydrogen) atoms. The molecular weight excluding hydrogens is 320 g/mol. The van der Waals surface area contributed by atoms with Crippen molar-refractivity contribution in [3.05, 3.63) is 22.3 Å². The van der Waals surface area contributed by atoms with E-state index in [-0.39, 0.29) is 17.1 Å².